The molecule has 1 aliphatic rings. The highest BCUT2D eigenvalue weighted by Crippen LogP contribution is 2.24. The van der Waals surface area contributed by atoms with Crippen LogP contribution in [0, 0.1) is 0 Å². The lowest BCUT2D eigenvalue weighted by atomic mass is 9.94. The molecule has 0 aliphatic carbocycles. The largest absolute Gasteiger partial charge is 0.465 e. The van der Waals surface area contributed by atoms with E-state index in [1.807, 2.05) is 18.2 Å². The molecule has 0 fully saturated rings. The van der Waals surface area contributed by atoms with E-state index in [0.717, 1.165) is 31.6 Å². The van der Waals surface area contributed by atoms with Gasteiger partial charge in [0.15, 0.2) is 0 Å². The Balaban J connectivity index is 0.00000176. The number of hydrogen-bond acceptors (Lipinski definition) is 3. The first kappa shape index (κ1) is 16.5. The third-order valence-corrected chi connectivity index (χ3v) is 4.01. The van der Waals surface area contributed by atoms with Gasteiger partial charge in [0.05, 0.1) is 12.7 Å². The van der Waals surface area contributed by atoms with Crippen molar-refractivity contribution in [2.24, 2.45) is 0 Å². The van der Waals surface area contributed by atoms with Crippen molar-refractivity contribution in [2.45, 2.75) is 19.5 Å². The molecule has 0 amide bonds. The van der Waals surface area contributed by atoms with Crippen LogP contribution in [0.5, 0.6) is 0 Å². The Hall–Kier alpha value is -1.84. The van der Waals surface area contributed by atoms with E-state index in [-0.39, 0.29) is 18.4 Å². The van der Waals surface area contributed by atoms with Gasteiger partial charge in [-0.2, -0.15) is 0 Å². The maximum Gasteiger partial charge on any atom is 0.338 e. The second kappa shape index (κ2) is 7.43. The van der Waals surface area contributed by atoms with Crippen LogP contribution in [0.25, 0.3) is 0 Å². The molecule has 2 aromatic carbocycles. The molecule has 0 saturated heterocycles. The molecule has 0 radical (unpaired) electrons. The minimum atomic E-state index is -0.242. The maximum atomic E-state index is 11.9. The van der Waals surface area contributed by atoms with Crippen molar-refractivity contribution in [2.75, 3.05) is 13.7 Å². The van der Waals surface area contributed by atoms with Crippen molar-refractivity contribution < 1.29 is 9.53 Å². The summed E-state index contributed by atoms with van der Waals surface area (Å²) in [5.74, 6) is -0.242. The standard InChI is InChI=1S/C18H19NO2.ClH/c1-21-18(20)16-9-5-8-15-10-11-19(13-17(15)16)12-14-6-3-2-4-7-14;/h2-9H,10-13H2,1H3;1H. The number of hydrogen-bond donors (Lipinski definition) is 0. The predicted molar refractivity (Wildman–Crippen MR) is 89.3 cm³/mol. The van der Waals surface area contributed by atoms with Crippen molar-refractivity contribution in [3.63, 3.8) is 0 Å². The van der Waals surface area contributed by atoms with Crippen molar-refractivity contribution >= 4 is 18.4 Å². The highest BCUT2D eigenvalue weighted by Gasteiger charge is 2.22. The summed E-state index contributed by atoms with van der Waals surface area (Å²) in [4.78, 5) is 14.3. The summed E-state index contributed by atoms with van der Waals surface area (Å²) in [6.45, 7) is 2.73. The van der Waals surface area contributed by atoms with Crippen LogP contribution in [0.15, 0.2) is 48.5 Å². The van der Waals surface area contributed by atoms with E-state index in [2.05, 4.69) is 35.2 Å². The van der Waals surface area contributed by atoms with E-state index in [9.17, 15) is 4.79 Å². The molecule has 3 rings (SSSR count). The smallest absolute Gasteiger partial charge is 0.338 e. The number of halogens is 1. The molecule has 0 atom stereocenters. The normalized spacial score (nSPS) is 13.9. The summed E-state index contributed by atoms with van der Waals surface area (Å²) < 4.78 is 4.90. The van der Waals surface area contributed by atoms with Gasteiger partial charge in [0.1, 0.15) is 0 Å². The second-order valence-corrected chi connectivity index (χ2v) is 5.38. The number of rotatable bonds is 3. The summed E-state index contributed by atoms with van der Waals surface area (Å²) in [6.07, 6.45) is 0.979. The molecule has 0 bridgehead atoms. The number of nitrogens with zero attached hydrogens (tertiary/aromatic N) is 1. The van der Waals surface area contributed by atoms with Gasteiger partial charge in [0, 0.05) is 19.6 Å². The molecular formula is C18H20ClNO2. The average Bonchev–Trinajstić information content (AvgIpc) is 2.54. The SMILES string of the molecule is COC(=O)c1cccc2c1CN(Cc1ccccc1)CC2.Cl. The number of fused-ring (bicyclic) bond motifs is 1. The van der Waals surface area contributed by atoms with Crippen LogP contribution in [0.1, 0.15) is 27.0 Å². The zero-order chi connectivity index (χ0) is 14.7. The monoisotopic (exact) mass is 317 g/mol. The zero-order valence-corrected chi connectivity index (χ0v) is 13.4. The van der Waals surface area contributed by atoms with Crippen LogP contribution in [0.2, 0.25) is 0 Å². The Morgan fingerprint density at radius 2 is 1.91 bits per heavy atom. The van der Waals surface area contributed by atoms with Crippen molar-refractivity contribution in [3.8, 4) is 0 Å². The second-order valence-electron chi connectivity index (χ2n) is 5.38. The fourth-order valence-corrected chi connectivity index (χ4v) is 2.91. The molecule has 1 aliphatic heterocycles. The lowest BCUT2D eigenvalue weighted by Crippen LogP contribution is -2.31. The number of carbonyl (C=O) groups is 1. The third-order valence-electron chi connectivity index (χ3n) is 4.01. The molecule has 2 aromatic rings. The molecule has 0 saturated carbocycles. The Labute approximate surface area is 137 Å². The number of carbonyl (C=O) groups excluding carboxylic acids is 1. The van der Waals surface area contributed by atoms with Gasteiger partial charge in [-0.3, -0.25) is 4.90 Å². The van der Waals surface area contributed by atoms with Gasteiger partial charge in [-0.25, -0.2) is 4.79 Å². The van der Waals surface area contributed by atoms with Gasteiger partial charge >= 0.3 is 5.97 Å². The number of methoxy groups -OCH3 is 1. The molecule has 0 spiro atoms. The van der Waals surface area contributed by atoms with Crippen LogP contribution >= 0.6 is 12.4 Å². The molecule has 0 N–H and O–H groups in total. The van der Waals surface area contributed by atoms with E-state index < -0.39 is 0 Å². The molecule has 22 heavy (non-hydrogen) atoms. The first-order chi connectivity index (χ1) is 10.3. The Morgan fingerprint density at radius 3 is 2.64 bits per heavy atom. The van der Waals surface area contributed by atoms with Crippen LogP contribution < -0.4 is 0 Å². The highest BCUT2D eigenvalue weighted by molar-refractivity contribution is 5.91. The van der Waals surface area contributed by atoms with Gasteiger partial charge in [-0.1, -0.05) is 42.5 Å². The predicted octanol–water partition coefficient (Wildman–Crippen LogP) is 3.45. The number of esters is 1. The van der Waals surface area contributed by atoms with Gasteiger partial charge in [0.25, 0.3) is 0 Å². The highest BCUT2D eigenvalue weighted by atomic mass is 35.5. The van der Waals surface area contributed by atoms with Gasteiger partial charge in [-0.05, 0) is 29.2 Å². The van der Waals surface area contributed by atoms with Crippen LogP contribution in [-0.2, 0) is 24.2 Å². The number of benzene rings is 2. The van der Waals surface area contributed by atoms with E-state index in [4.69, 9.17) is 4.74 Å². The fraction of sp³-hybridized carbons (Fsp3) is 0.278. The summed E-state index contributed by atoms with van der Waals surface area (Å²) in [6, 6.07) is 16.4. The van der Waals surface area contributed by atoms with Crippen LogP contribution in [0.4, 0.5) is 0 Å². The van der Waals surface area contributed by atoms with Crippen molar-refractivity contribution in [1.82, 2.24) is 4.90 Å². The topological polar surface area (TPSA) is 29.5 Å². The molecule has 116 valence electrons. The van der Waals surface area contributed by atoms with Crippen LogP contribution in [0.3, 0.4) is 0 Å². The van der Waals surface area contributed by atoms with Crippen molar-refractivity contribution in [3.05, 3.63) is 70.8 Å². The molecule has 0 unspecified atom stereocenters. The summed E-state index contributed by atoms with van der Waals surface area (Å²) in [5, 5.41) is 0. The fourth-order valence-electron chi connectivity index (χ4n) is 2.91. The first-order valence-corrected chi connectivity index (χ1v) is 7.23. The number of ether oxygens (including phenoxy) is 1. The molecular weight excluding hydrogens is 298 g/mol. The third kappa shape index (κ3) is 3.49. The summed E-state index contributed by atoms with van der Waals surface area (Å²) in [5.41, 5.74) is 4.39. The van der Waals surface area contributed by atoms with E-state index in [0.29, 0.717) is 5.56 Å². The minimum absolute atomic E-state index is 0. The zero-order valence-electron chi connectivity index (χ0n) is 12.6. The van der Waals surface area contributed by atoms with Gasteiger partial charge < -0.3 is 4.74 Å². The van der Waals surface area contributed by atoms with Gasteiger partial charge in [-0.15, -0.1) is 12.4 Å². The first-order valence-electron chi connectivity index (χ1n) is 7.23. The molecule has 3 nitrogen and oxygen atoms in total. The Morgan fingerprint density at radius 1 is 1.14 bits per heavy atom. The molecule has 0 aromatic heterocycles. The minimum Gasteiger partial charge on any atom is -0.465 e. The Kier molecular flexibility index (Phi) is 5.58. The van der Waals surface area contributed by atoms with E-state index in [1.54, 1.807) is 0 Å². The quantitative estimate of drug-likeness (QED) is 0.812. The van der Waals surface area contributed by atoms with Crippen molar-refractivity contribution in [1.29, 1.82) is 0 Å². The summed E-state index contributed by atoms with van der Waals surface area (Å²) >= 11 is 0. The Bertz CT molecular complexity index is 643. The molecule has 1 heterocycles. The molecule has 4 heteroatoms. The van der Waals surface area contributed by atoms with Gasteiger partial charge in [0.2, 0.25) is 0 Å². The average molecular weight is 318 g/mol. The lowest BCUT2D eigenvalue weighted by Gasteiger charge is -2.29. The van der Waals surface area contributed by atoms with E-state index >= 15 is 0 Å². The van der Waals surface area contributed by atoms with E-state index in [1.165, 1.54) is 18.2 Å². The summed E-state index contributed by atoms with van der Waals surface area (Å²) in [7, 11) is 1.44. The maximum absolute atomic E-state index is 11.9. The lowest BCUT2D eigenvalue weighted by molar-refractivity contribution is 0.0597. The van der Waals surface area contributed by atoms with Crippen LogP contribution in [-0.4, -0.2) is 24.5 Å².